The number of unbranched alkanes of at least 4 members (excludes halogenated alkanes) is 2. The third kappa shape index (κ3) is 10.2. The number of morpholine rings is 1. The lowest BCUT2D eigenvalue weighted by Crippen LogP contribution is -2.41. The van der Waals surface area contributed by atoms with Gasteiger partial charge in [0, 0.05) is 37.2 Å². The van der Waals surface area contributed by atoms with E-state index in [1.54, 1.807) is 0 Å². The second-order valence-corrected chi connectivity index (χ2v) is 8.85. The van der Waals surface area contributed by atoms with E-state index in [1.807, 2.05) is 10.8 Å². The molecule has 0 unspecified atom stereocenters. The molecule has 2 aliphatic heterocycles. The van der Waals surface area contributed by atoms with Crippen molar-refractivity contribution in [3.05, 3.63) is 0 Å². The Kier molecular flexibility index (Phi) is 13.0. The fourth-order valence-corrected chi connectivity index (χ4v) is 5.79. The van der Waals surface area contributed by atoms with Gasteiger partial charge in [0.2, 0.25) is 0 Å². The highest BCUT2D eigenvalue weighted by Gasteiger charge is 2.15. The summed E-state index contributed by atoms with van der Waals surface area (Å²) >= 11 is 5.20. The smallest absolute Gasteiger partial charge is 0.256 e. The van der Waals surface area contributed by atoms with Gasteiger partial charge in [0.05, 0.1) is 19.8 Å². The normalized spacial score (nSPS) is 21.7. The van der Waals surface area contributed by atoms with Crippen LogP contribution in [0, 0.1) is 0 Å². The molecule has 0 aromatic carbocycles. The first-order valence-corrected chi connectivity index (χ1v) is 11.1. The van der Waals surface area contributed by atoms with Gasteiger partial charge in [0.25, 0.3) is 5.17 Å². The van der Waals surface area contributed by atoms with E-state index in [0.29, 0.717) is 5.17 Å². The SMILES string of the molecule is Cl.S=C(NCCN1CCOCC1)OCCCCC[C@H]1CCSS1. The number of thiocarbonyl (C=S) groups is 1. The summed E-state index contributed by atoms with van der Waals surface area (Å²) < 4.78 is 10.9. The molecule has 0 aromatic rings. The maximum Gasteiger partial charge on any atom is 0.256 e. The average molecular weight is 401 g/mol. The van der Waals surface area contributed by atoms with Crippen LogP contribution in [-0.2, 0) is 9.47 Å². The van der Waals surface area contributed by atoms with Gasteiger partial charge in [-0.2, -0.15) is 0 Å². The average Bonchev–Trinajstić information content (AvgIpc) is 3.05. The van der Waals surface area contributed by atoms with Crippen LogP contribution >= 0.6 is 46.2 Å². The summed E-state index contributed by atoms with van der Waals surface area (Å²) in [5, 5.41) is 4.64. The largest absolute Gasteiger partial charge is 0.471 e. The van der Waals surface area contributed by atoms with E-state index in [1.165, 1.54) is 31.4 Å². The van der Waals surface area contributed by atoms with Crippen molar-refractivity contribution in [1.82, 2.24) is 10.2 Å². The van der Waals surface area contributed by atoms with Crippen LogP contribution in [0.1, 0.15) is 32.1 Å². The molecule has 0 aromatic heterocycles. The molecular formula is C15H29ClN2O2S3. The summed E-state index contributed by atoms with van der Waals surface area (Å²) in [7, 11) is 4.10. The lowest BCUT2D eigenvalue weighted by molar-refractivity contribution is 0.0388. The molecule has 0 radical (unpaired) electrons. The molecule has 0 bridgehead atoms. The fraction of sp³-hybridized carbons (Fsp3) is 0.933. The number of nitrogens with zero attached hydrogens (tertiary/aromatic N) is 1. The highest BCUT2D eigenvalue weighted by atomic mass is 35.5. The van der Waals surface area contributed by atoms with E-state index in [4.69, 9.17) is 21.7 Å². The Labute approximate surface area is 160 Å². The Morgan fingerprint density at radius 1 is 1.26 bits per heavy atom. The second-order valence-electron chi connectivity index (χ2n) is 5.69. The number of rotatable bonds is 9. The number of hydrogen-bond acceptors (Lipinski definition) is 6. The topological polar surface area (TPSA) is 33.7 Å². The van der Waals surface area contributed by atoms with Crippen LogP contribution in [-0.4, -0.2) is 67.1 Å². The molecule has 4 nitrogen and oxygen atoms in total. The number of halogens is 1. The quantitative estimate of drug-likeness (QED) is 0.361. The minimum Gasteiger partial charge on any atom is -0.471 e. The van der Waals surface area contributed by atoms with E-state index in [9.17, 15) is 0 Å². The van der Waals surface area contributed by atoms with Gasteiger partial charge in [0.1, 0.15) is 0 Å². The molecule has 2 fully saturated rings. The van der Waals surface area contributed by atoms with Crippen LogP contribution in [0.15, 0.2) is 0 Å². The summed E-state index contributed by atoms with van der Waals surface area (Å²) in [6.07, 6.45) is 6.43. The van der Waals surface area contributed by atoms with Crippen molar-refractivity contribution in [1.29, 1.82) is 0 Å². The van der Waals surface area contributed by atoms with Crippen LogP contribution in [0.5, 0.6) is 0 Å². The molecule has 0 spiro atoms. The highest BCUT2D eigenvalue weighted by Crippen LogP contribution is 2.39. The molecular weight excluding hydrogens is 372 g/mol. The molecule has 136 valence electrons. The molecule has 0 amide bonds. The predicted molar refractivity (Wildman–Crippen MR) is 108 cm³/mol. The Morgan fingerprint density at radius 3 is 2.83 bits per heavy atom. The molecule has 2 aliphatic rings. The van der Waals surface area contributed by atoms with Crippen molar-refractivity contribution >= 4 is 51.4 Å². The summed E-state index contributed by atoms with van der Waals surface area (Å²) in [6.45, 7) is 6.34. The van der Waals surface area contributed by atoms with E-state index >= 15 is 0 Å². The molecule has 8 heteroatoms. The monoisotopic (exact) mass is 400 g/mol. The van der Waals surface area contributed by atoms with Gasteiger partial charge >= 0.3 is 0 Å². The lowest BCUT2D eigenvalue weighted by atomic mass is 10.1. The summed E-state index contributed by atoms with van der Waals surface area (Å²) in [4.78, 5) is 2.39. The van der Waals surface area contributed by atoms with Gasteiger partial charge in [-0.15, -0.1) is 12.4 Å². The Balaban J connectivity index is 0.00000264. The van der Waals surface area contributed by atoms with Gasteiger partial charge in [-0.25, -0.2) is 0 Å². The van der Waals surface area contributed by atoms with Crippen LogP contribution in [0.2, 0.25) is 0 Å². The van der Waals surface area contributed by atoms with Gasteiger partial charge < -0.3 is 14.8 Å². The molecule has 2 heterocycles. The number of nitrogens with one attached hydrogen (secondary N) is 1. The van der Waals surface area contributed by atoms with Crippen molar-refractivity contribution in [3.63, 3.8) is 0 Å². The molecule has 0 saturated carbocycles. The molecule has 1 atom stereocenters. The maximum atomic E-state index is 5.57. The molecule has 1 N–H and O–H groups in total. The van der Waals surface area contributed by atoms with E-state index in [-0.39, 0.29) is 12.4 Å². The first kappa shape index (κ1) is 21.6. The minimum atomic E-state index is 0. The third-order valence-corrected chi connectivity index (χ3v) is 7.20. The predicted octanol–water partition coefficient (Wildman–Crippen LogP) is 3.35. The van der Waals surface area contributed by atoms with Gasteiger partial charge in [-0.1, -0.05) is 34.4 Å². The zero-order valence-corrected chi connectivity index (χ0v) is 16.9. The Morgan fingerprint density at radius 2 is 2.09 bits per heavy atom. The third-order valence-electron chi connectivity index (χ3n) is 3.93. The standard InChI is InChI=1S/C15H28N2O2S3.ClH/c20-15(16-6-7-17-8-11-18-12-9-17)19-10-3-1-2-4-14-5-13-21-22-14;/h14H,1-13H2,(H,16,20);1H/t14-;/m0./s1. The molecule has 2 saturated heterocycles. The summed E-state index contributed by atoms with van der Waals surface area (Å²) in [6, 6.07) is 0. The van der Waals surface area contributed by atoms with Gasteiger partial charge in [0.15, 0.2) is 0 Å². The molecule has 0 aliphatic carbocycles. The van der Waals surface area contributed by atoms with Gasteiger partial charge in [-0.05, 0) is 31.5 Å². The number of hydrogen-bond donors (Lipinski definition) is 1. The van der Waals surface area contributed by atoms with Crippen LogP contribution in [0.25, 0.3) is 0 Å². The van der Waals surface area contributed by atoms with Crippen LogP contribution in [0.4, 0.5) is 0 Å². The summed E-state index contributed by atoms with van der Waals surface area (Å²) in [5.41, 5.74) is 0. The van der Waals surface area contributed by atoms with Crippen LogP contribution < -0.4 is 5.32 Å². The molecule has 23 heavy (non-hydrogen) atoms. The first-order chi connectivity index (χ1) is 10.8. The van der Waals surface area contributed by atoms with Gasteiger partial charge in [-0.3, -0.25) is 4.90 Å². The summed E-state index contributed by atoms with van der Waals surface area (Å²) in [5.74, 6) is 1.34. The van der Waals surface area contributed by atoms with E-state index in [0.717, 1.165) is 57.7 Å². The highest BCUT2D eigenvalue weighted by molar-refractivity contribution is 8.77. The van der Waals surface area contributed by atoms with Crippen LogP contribution in [0.3, 0.4) is 0 Å². The number of ether oxygens (including phenoxy) is 2. The zero-order valence-electron chi connectivity index (χ0n) is 13.7. The van der Waals surface area contributed by atoms with Crippen molar-refractivity contribution in [2.24, 2.45) is 0 Å². The van der Waals surface area contributed by atoms with Crippen molar-refractivity contribution < 1.29 is 9.47 Å². The maximum absolute atomic E-state index is 5.57. The van der Waals surface area contributed by atoms with Crippen molar-refractivity contribution in [3.8, 4) is 0 Å². The second kappa shape index (κ2) is 13.8. The Bertz CT molecular complexity index is 315. The Hall–Kier alpha value is 0.600. The minimum absolute atomic E-state index is 0. The lowest BCUT2D eigenvalue weighted by Gasteiger charge is -2.26. The van der Waals surface area contributed by atoms with E-state index < -0.39 is 0 Å². The van der Waals surface area contributed by atoms with Crippen molar-refractivity contribution in [2.75, 3.05) is 51.8 Å². The van der Waals surface area contributed by atoms with Crippen molar-refractivity contribution in [2.45, 2.75) is 37.4 Å². The van der Waals surface area contributed by atoms with E-state index in [2.05, 4.69) is 21.0 Å². The molecule has 2 rings (SSSR count). The zero-order chi connectivity index (χ0) is 15.5. The fourth-order valence-electron chi connectivity index (χ4n) is 2.57. The first-order valence-electron chi connectivity index (χ1n) is 8.33.